The second-order valence-electron chi connectivity index (χ2n) is 8.14. The van der Waals surface area contributed by atoms with Gasteiger partial charge in [0.15, 0.2) is 12.4 Å². The number of phenolic OH excluding ortho intramolecular Hbond substituents is 1. The van der Waals surface area contributed by atoms with Crippen molar-refractivity contribution in [3.8, 4) is 17.2 Å². The molecule has 1 aliphatic rings. The largest absolute Gasteiger partial charge is 0.506 e. The molecule has 2 N–H and O–H groups in total. The third-order valence-electron chi connectivity index (χ3n) is 4.91. The Kier molecular flexibility index (Phi) is 6.98. The molecule has 0 aliphatic carbocycles. The zero-order chi connectivity index (χ0) is 21.6. The van der Waals surface area contributed by atoms with Gasteiger partial charge in [-0.25, -0.2) is 0 Å². The van der Waals surface area contributed by atoms with Gasteiger partial charge in [-0.15, -0.1) is 0 Å². The van der Waals surface area contributed by atoms with E-state index in [1.54, 1.807) is 12.1 Å². The summed E-state index contributed by atoms with van der Waals surface area (Å²) in [5.41, 5.74) is 2.14. The number of aliphatic imine (C=N–C) groups is 1. The lowest BCUT2D eigenvalue weighted by Crippen LogP contribution is -2.26. The molecule has 0 aromatic heterocycles. The number of amides is 1. The summed E-state index contributed by atoms with van der Waals surface area (Å²) in [6.07, 6.45) is 5.41. The van der Waals surface area contributed by atoms with Crippen molar-refractivity contribution in [2.24, 2.45) is 4.99 Å². The molecule has 6 heteroatoms. The van der Waals surface area contributed by atoms with E-state index in [0.29, 0.717) is 17.9 Å². The van der Waals surface area contributed by atoms with E-state index >= 15 is 0 Å². The standard InChI is InChI=1S/C24H30N2O4/c1-4-5-14-29-19-9-6-17(7-10-19)15-24(2,3)25-13-12-18-8-11-20(27)22-23(18)30-16-21(28)26-22/h6-11,13,27H,4-5,12,14-16H2,1-3H3,(H,26,28). The van der Waals surface area contributed by atoms with Crippen molar-refractivity contribution in [3.63, 3.8) is 0 Å². The molecule has 160 valence electrons. The Morgan fingerprint density at radius 3 is 2.73 bits per heavy atom. The summed E-state index contributed by atoms with van der Waals surface area (Å²) in [7, 11) is 0. The molecule has 2 aromatic carbocycles. The predicted octanol–water partition coefficient (Wildman–Crippen LogP) is 4.54. The number of unbranched alkanes of at least 4 members (excludes halogenated alkanes) is 1. The highest BCUT2D eigenvalue weighted by Crippen LogP contribution is 2.39. The molecule has 6 nitrogen and oxygen atoms in total. The van der Waals surface area contributed by atoms with Gasteiger partial charge in [-0.2, -0.15) is 0 Å². The van der Waals surface area contributed by atoms with Crippen molar-refractivity contribution in [1.82, 2.24) is 0 Å². The summed E-state index contributed by atoms with van der Waals surface area (Å²) in [6, 6.07) is 11.6. The number of nitrogens with one attached hydrogen (secondary N) is 1. The van der Waals surface area contributed by atoms with Crippen LogP contribution < -0.4 is 14.8 Å². The highest BCUT2D eigenvalue weighted by atomic mass is 16.5. The van der Waals surface area contributed by atoms with E-state index in [-0.39, 0.29) is 23.8 Å². The summed E-state index contributed by atoms with van der Waals surface area (Å²) < 4.78 is 11.2. The number of nitrogens with zero attached hydrogens (tertiary/aromatic N) is 1. The molecule has 0 atom stereocenters. The molecule has 1 amide bonds. The van der Waals surface area contributed by atoms with Crippen LogP contribution in [0.1, 0.15) is 44.7 Å². The smallest absolute Gasteiger partial charge is 0.262 e. The first-order valence-electron chi connectivity index (χ1n) is 10.4. The molecule has 0 saturated carbocycles. The van der Waals surface area contributed by atoms with Gasteiger partial charge in [-0.1, -0.05) is 31.5 Å². The van der Waals surface area contributed by atoms with Crippen molar-refractivity contribution in [2.75, 3.05) is 18.5 Å². The summed E-state index contributed by atoms with van der Waals surface area (Å²) >= 11 is 0. The summed E-state index contributed by atoms with van der Waals surface area (Å²) in [6.45, 7) is 7.04. The van der Waals surface area contributed by atoms with Gasteiger partial charge in [0, 0.05) is 18.2 Å². The van der Waals surface area contributed by atoms with Gasteiger partial charge in [-0.3, -0.25) is 9.79 Å². The Morgan fingerprint density at radius 1 is 1.23 bits per heavy atom. The normalized spacial score (nSPS) is 13.6. The van der Waals surface area contributed by atoms with Crippen LogP contribution in [0.5, 0.6) is 17.2 Å². The zero-order valence-electron chi connectivity index (χ0n) is 17.9. The van der Waals surface area contributed by atoms with Gasteiger partial charge < -0.3 is 19.9 Å². The van der Waals surface area contributed by atoms with Gasteiger partial charge >= 0.3 is 0 Å². The van der Waals surface area contributed by atoms with Crippen molar-refractivity contribution in [2.45, 2.75) is 52.0 Å². The van der Waals surface area contributed by atoms with E-state index in [9.17, 15) is 9.90 Å². The third-order valence-corrected chi connectivity index (χ3v) is 4.91. The zero-order valence-corrected chi connectivity index (χ0v) is 17.9. The number of aromatic hydroxyl groups is 1. The maximum atomic E-state index is 11.5. The van der Waals surface area contributed by atoms with E-state index < -0.39 is 0 Å². The first-order valence-corrected chi connectivity index (χ1v) is 10.4. The maximum absolute atomic E-state index is 11.5. The Hall–Kier alpha value is -3.02. The van der Waals surface area contributed by atoms with E-state index in [1.807, 2.05) is 18.3 Å². The van der Waals surface area contributed by atoms with Gasteiger partial charge in [0.1, 0.15) is 17.2 Å². The van der Waals surface area contributed by atoms with E-state index in [0.717, 1.165) is 37.2 Å². The number of anilines is 1. The second-order valence-corrected chi connectivity index (χ2v) is 8.14. The Labute approximate surface area is 177 Å². The number of hydrogen-bond acceptors (Lipinski definition) is 5. The average molecular weight is 411 g/mol. The first kappa shape index (κ1) is 21.7. The minimum atomic E-state index is -0.272. The van der Waals surface area contributed by atoms with E-state index in [2.05, 4.69) is 38.2 Å². The van der Waals surface area contributed by atoms with Crippen molar-refractivity contribution >= 4 is 17.8 Å². The Bertz CT molecular complexity index is 904. The van der Waals surface area contributed by atoms with Crippen LogP contribution in [-0.2, 0) is 17.6 Å². The van der Waals surface area contributed by atoms with Crippen LogP contribution in [0.4, 0.5) is 5.69 Å². The molecular weight excluding hydrogens is 380 g/mol. The summed E-state index contributed by atoms with van der Waals surface area (Å²) in [5.74, 6) is 1.14. The number of carbonyl (C=O) groups excluding carboxylic acids is 1. The van der Waals surface area contributed by atoms with Crippen LogP contribution >= 0.6 is 0 Å². The molecule has 3 rings (SSSR count). The molecular formula is C24H30N2O4. The predicted molar refractivity (Wildman–Crippen MR) is 119 cm³/mol. The topological polar surface area (TPSA) is 80.2 Å². The first-order chi connectivity index (χ1) is 14.4. The van der Waals surface area contributed by atoms with Gasteiger partial charge in [0.05, 0.1) is 12.1 Å². The lowest BCUT2D eigenvalue weighted by molar-refractivity contribution is -0.118. The molecule has 0 saturated heterocycles. The molecule has 0 unspecified atom stereocenters. The molecule has 1 aliphatic heterocycles. The highest BCUT2D eigenvalue weighted by molar-refractivity contribution is 5.97. The van der Waals surface area contributed by atoms with Crippen LogP contribution in [0.2, 0.25) is 0 Å². The van der Waals surface area contributed by atoms with Crippen molar-refractivity contribution < 1.29 is 19.4 Å². The molecule has 0 bridgehead atoms. The van der Waals surface area contributed by atoms with Crippen LogP contribution in [0.25, 0.3) is 0 Å². The quantitative estimate of drug-likeness (QED) is 0.361. The number of rotatable bonds is 9. The van der Waals surface area contributed by atoms with Gasteiger partial charge in [-0.05, 0) is 50.5 Å². The third kappa shape index (κ3) is 5.75. The number of carbonyl (C=O) groups is 1. The van der Waals surface area contributed by atoms with Crippen molar-refractivity contribution in [3.05, 3.63) is 47.5 Å². The average Bonchev–Trinajstić information content (AvgIpc) is 2.71. The Morgan fingerprint density at radius 2 is 2.00 bits per heavy atom. The molecule has 0 radical (unpaired) electrons. The van der Waals surface area contributed by atoms with Gasteiger partial charge in [0.2, 0.25) is 0 Å². The highest BCUT2D eigenvalue weighted by Gasteiger charge is 2.22. The summed E-state index contributed by atoms with van der Waals surface area (Å²) in [4.78, 5) is 16.3. The van der Waals surface area contributed by atoms with Crippen LogP contribution in [-0.4, -0.2) is 36.0 Å². The number of fused-ring (bicyclic) bond motifs is 1. The fraction of sp³-hybridized carbons (Fsp3) is 0.417. The number of ether oxygens (including phenoxy) is 2. The van der Waals surface area contributed by atoms with Crippen LogP contribution in [0.15, 0.2) is 41.4 Å². The number of hydrogen-bond donors (Lipinski definition) is 2. The number of phenols is 1. The molecule has 0 fully saturated rings. The molecule has 2 aromatic rings. The van der Waals surface area contributed by atoms with Crippen LogP contribution in [0, 0.1) is 0 Å². The molecule has 0 spiro atoms. The van der Waals surface area contributed by atoms with E-state index in [4.69, 9.17) is 14.5 Å². The fourth-order valence-corrected chi connectivity index (χ4v) is 3.35. The second kappa shape index (κ2) is 9.65. The lowest BCUT2D eigenvalue weighted by Gasteiger charge is -2.22. The minimum absolute atomic E-state index is 0.00110. The minimum Gasteiger partial charge on any atom is -0.506 e. The van der Waals surface area contributed by atoms with Crippen LogP contribution in [0.3, 0.4) is 0 Å². The SMILES string of the molecule is CCCCOc1ccc(CC(C)(C)N=CCc2ccc(O)c3c2OCC(=O)N3)cc1. The van der Waals surface area contributed by atoms with E-state index in [1.165, 1.54) is 5.56 Å². The molecule has 30 heavy (non-hydrogen) atoms. The monoisotopic (exact) mass is 410 g/mol. The summed E-state index contributed by atoms with van der Waals surface area (Å²) in [5, 5.41) is 12.6. The number of benzene rings is 2. The lowest BCUT2D eigenvalue weighted by atomic mass is 9.95. The fourth-order valence-electron chi connectivity index (χ4n) is 3.35. The Balaban J connectivity index is 1.61. The van der Waals surface area contributed by atoms with Crippen molar-refractivity contribution in [1.29, 1.82) is 0 Å². The maximum Gasteiger partial charge on any atom is 0.262 e. The van der Waals surface area contributed by atoms with Gasteiger partial charge in [0.25, 0.3) is 5.91 Å². The molecule has 1 heterocycles.